The summed E-state index contributed by atoms with van der Waals surface area (Å²) in [6.45, 7) is 4.65. The van der Waals surface area contributed by atoms with E-state index >= 15 is 0 Å². The maximum Gasteiger partial charge on any atom is 0.226 e. The van der Waals surface area contributed by atoms with Gasteiger partial charge in [-0.1, -0.05) is 37.7 Å². The number of aromatic nitrogens is 3. The zero-order valence-corrected chi connectivity index (χ0v) is 14.3. The predicted octanol–water partition coefficient (Wildman–Crippen LogP) is 3.28. The van der Waals surface area contributed by atoms with Crippen LogP contribution in [0.4, 0.5) is 5.95 Å². The average Bonchev–Trinajstić information content (AvgIpc) is 2.99. The minimum atomic E-state index is -0.0980. The monoisotopic (exact) mass is 334 g/mol. The number of ether oxygens (including phenoxy) is 1. The number of benzene rings is 1. The summed E-state index contributed by atoms with van der Waals surface area (Å²) in [5.41, 5.74) is 1.28. The summed E-state index contributed by atoms with van der Waals surface area (Å²) in [6.07, 6.45) is 2.04. The molecule has 0 radical (unpaired) electrons. The Morgan fingerprint density at radius 1 is 1.30 bits per heavy atom. The second-order valence-corrected chi connectivity index (χ2v) is 6.13. The van der Waals surface area contributed by atoms with Gasteiger partial charge in [0.1, 0.15) is 5.75 Å². The van der Waals surface area contributed by atoms with Gasteiger partial charge in [0.25, 0.3) is 0 Å². The summed E-state index contributed by atoms with van der Waals surface area (Å²) >= 11 is 1.52. The first kappa shape index (κ1) is 17.3. The van der Waals surface area contributed by atoms with E-state index in [1.807, 2.05) is 19.1 Å². The molecule has 6 nitrogen and oxygen atoms in total. The van der Waals surface area contributed by atoms with Crippen molar-refractivity contribution in [2.75, 3.05) is 17.7 Å². The van der Waals surface area contributed by atoms with E-state index in [2.05, 4.69) is 39.6 Å². The summed E-state index contributed by atoms with van der Waals surface area (Å²) in [4.78, 5) is 16.0. The van der Waals surface area contributed by atoms with Gasteiger partial charge in [-0.2, -0.15) is 4.98 Å². The van der Waals surface area contributed by atoms with Gasteiger partial charge in [-0.25, -0.2) is 5.10 Å². The number of hydrogen-bond acceptors (Lipinski definition) is 5. The fourth-order valence-corrected chi connectivity index (χ4v) is 2.46. The number of amides is 1. The summed E-state index contributed by atoms with van der Waals surface area (Å²) in [7, 11) is 0. The number of nitrogens with zero attached hydrogens (tertiary/aromatic N) is 2. The number of carbonyl (C=O) groups excluding carboxylic acids is 1. The SMILES string of the molecule is CCSc1n[nH]c(NC(=O)CCCOc2ccc(CC)cc2)n1. The van der Waals surface area contributed by atoms with Crippen molar-refractivity contribution in [2.45, 2.75) is 38.3 Å². The maximum atomic E-state index is 11.8. The quantitative estimate of drug-likeness (QED) is 0.543. The van der Waals surface area contributed by atoms with Crippen LogP contribution in [-0.2, 0) is 11.2 Å². The number of anilines is 1. The smallest absolute Gasteiger partial charge is 0.226 e. The minimum Gasteiger partial charge on any atom is -0.494 e. The molecule has 0 aliphatic rings. The fraction of sp³-hybridized carbons (Fsp3) is 0.438. The lowest BCUT2D eigenvalue weighted by Crippen LogP contribution is -2.13. The molecule has 0 saturated heterocycles. The van der Waals surface area contributed by atoms with Gasteiger partial charge in [-0.3, -0.25) is 10.1 Å². The van der Waals surface area contributed by atoms with Gasteiger partial charge in [-0.05, 0) is 36.3 Å². The van der Waals surface area contributed by atoms with Crippen LogP contribution in [0.5, 0.6) is 5.75 Å². The first-order chi connectivity index (χ1) is 11.2. The summed E-state index contributed by atoms with van der Waals surface area (Å²) in [6, 6.07) is 8.02. The molecule has 2 rings (SSSR count). The molecular formula is C16H22N4O2S. The van der Waals surface area contributed by atoms with E-state index in [1.165, 1.54) is 17.3 Å². The van der Waals surface area contributed by atoms with Crippen molar-refractivity contribution in [3.8, 4) is 5.75 Å². The normalized spacial score (nSPS) is 10.5. The first-order valence-electron chi connectivity index (χ1n) is 7.78. The van der Waals surface area contributed by atoms with Gasteiger partial charge in [0.05, 0.1) is 6.61 Å². The molecule has 1 aromatic carbocycles. The van der Waals surface area contributed by atoms with Crippen LogP contribution in [0.3, 0.4) is 0 Å². The summed E-state index contributed by atoms with van der Waals surface area (Å²) in [5.74, 6) is 2.02. The molecule has 7 heteroatoms. The van der Waals surface area contributed by atoms with Crippen LogP contribution >= 0.6 is 11.8 Å². The number of hydrogen-bond donors (Lipinski definition) is 2. The van der Waals surface area contributed by atoms with Gasteiger partial charge in [-0.15, -0.1) is 5.10 Å². The Labute approximate surface area is 140 Å². The molecule has 23 heavy (non-hydrogen) atoms. The fourth-order valence-electron chi connectivity index (χ4n) is 1.93. The average molecular weight is 334 g/mol. The lowest BCUT2D eigenvalue weighted by molar-refractivity contribution is -0.116. The highest BCUT2D eigenvalue weighted by molar-refractivity contribution is 7.99. The number of aromatic amines is 1. The second-order valence-electron chi connectivity index (χ2n) is 4.90. The minimum absolute atomic E-state index is 0.0980. The van der Waals surface area contributed by atoms with E-state index in [9.17, 15) is 4.79 Å². The molecule has 2 aromatic rings. The lowest BCUT2D eigenvalue weighted by atomic mass is 10.2. The van der Waals surface area contributed by atoms with E-state index in [1.54, 1.807) is 0 Å². The van der Waals surface area contributed by atoms with Crippen molar-refractivity contribution < 1.29 is 9.53 Å². The molecular weight excluding hydrogens is 312 g/mol. The zero-order valence-electron chi connectivity index (χ0n) is 13.5. The molecule has 0 unspecified atom stereocenters. The van der Waals surface area contributed by atoms with Crippen LogP contribution in [0.25, 0.3) is 0 Å². The van der Waals surface area contributed by atoms with E-state index in [-0.39, 0.29) is 5.91 Å². The Morgan fingerprint density at radius 3 is 2.78 bits per heavy atom. The molecule has 0 aliphatic carbocycles. The second kappa shape index (κ2) is 9.19. The highest BCUT2D eigenvalue weighted by Crippen LogP contribution is 2.14. The Morgan fingerprint density at radius 2 is 2.09 bits per heavy atom. The Kier molecular flexibility index (Phi) is 6.93. The third kappa shape index (κ3) is 5.94. The number of H-pyrrole nitrogens is 1. The number of rotatable bonds is 9. The van der Waals surface area contributed by atoms with Crippen molar-refractivity contribution in [3.05, 3.63) is 29.8 Å². The van der Waals surface area contributed by atoms with Crippen molar-refractivity contribution in [3.63, 3.8) is 0 Å². The Bertz CT molecular complexity index is 613. The van der Waals surface area contributed by atoms with Gasteiger partial charge in [0.15, 0.2) is 0 Å². The maximum absolute atomic E-state index is 11.8. The van der Waals surface area contributed by atoms with Crippen molar-refractivity contribution in [1.82, 2.24) is 15.2 Å². The van der Waals surface area contributed by atoms with Crippen LogP contribution in [0, 0.1) is 0 Å². The number of thioether (sulfide) groups is 1. The molecule has 2 N–H and O–H groups in total. The largest absolute Gasteiger partial charge is 0.494 e. The standard InChI is InChI=1S/C16H22N4O2S/c1-3-12-7-9-13(10-8-12)22-11-5-6-14(21)17-15-18-16(20-19-15)23-4-2/h7-10H,3-6,11H2,1-2H3,(H2,17,18,19,20,21). The summed E-state index contributed by atoms with van der Waals surface area (Å²) < 4.78 is 5.62. The highest BCUT2D eigenvalue weighted by Gasteiger charge is 2.07. The van der Waals surface area contributed by atoms with Crippen LogP contribution in [0.2, 0.25) is 0 Å². The molecule has 1 amide bonds. The van der Waals surface area contributed by atoms with Crippen molar-refractivity contribution in [1.29, 1.82) is 0 Å². The van der Waals surface area contributed by atoms with E-state index in [4.69, 9.17) is 4.74 Å². The zero-order chi connectivity index (χ0) is 16.5. The Hall–Kier alpha value is -2.02. The number of carbonyl (C=O) groups is 1. The summed E-state index contributed by atoms with van der Waals surface area (Å²) in [5, 5.41) is 10.0. The molecule has 1 aromatic heterocycles. The molecule has 0 bridgehead atoms. The first-order valence-corrected chi connectivity index (χ1v) is 8.76. The van der Waals surface area contributed by atoms with Gasteiger partial charge in [0.2, 0.25) is 17.0 Å². The molecule has 0 saturated carbocycles. The van der Waals surface area contributed by atoms with E-state index < -0.39 is 0 Å². The van der Waals surface area contributed by atoms with Crippen LogP contribution in [0.1, 0.15) is 32.3 Å². The van der Waals surface area contributed by atoms with Crippen molar-refractivity contribution in [2.24, 2.45) is 0 Å². The predicted molar refractivity (Wildman–Crippen MR) is 92.0 cm³/mol. The van der Waals surface area contributed by atoms with Gasteiger partial charge < -0.3 is 4.74 Å². The Balaban J connectivity index is 1.65. The third-order valence-corrected chi connectivity index (χ3v) is 3.87. The molecule has 124 valence electrons. The van der Waals surface area contributed by atoms with Crippen LogP contribution in [0.15, 0.2) is 29.4 Å². The molecule has 0 spiro atoms. The molecule has 0 atom stereocenters. The topological polar surface area (TPSA) is 79.9 Å². The van der Waals surface area contributed by atoms with Gasteiger partial charge >= 0.3 is 0 Å². The number of nitrogens with one attached hydrogen (secondary N) is 2. The lowest BCUT2D eigenvalue weighted by Gasteiger charge is -2.06. The van der Waals surface area contributed by atoms with E-state index in [0.717, 1.165) is 17.9 Å². The van der Waals surface area contributed by atoms with Gasteiger partial charge in [0, 0.05) is 6.42 Å². The van der Waals surface area contributed by atoms with E-state index in [0.29, 0.717) is 30.6 Å². The molecule has 1 heterocycles. The number of aryl methyl sites for hydroxylation is 1. The third-order valence-electron chi connectivity index (χ3n) is 3.14. The van der Waals surface area contributed by atoms with Crippen molar-refractivity contribution >= 4 is 23.6 Å². The molecule has 0 aliphatic heterocycles. The highest BCUT2D eigenvalue weighted by atomic mass is 32.2. The molecule has 0 fully saturated rings. The van der Waals surface area contributed by atoms with Crippen LogP contribution < -0.4 is 10.1 Å². The van der Waals surface area contributed by atoms with Crippen LogP contribution in [-0.4, -0.2) is 33.4 Å².